The number of phenolic OH excluding ortho intramolecular Hbond substituents is 1. The number of primary amides is 1. The first-order valence-corrected chi connectivity index (χ1v) is 25.2. The molecular formula is C52H68N10O11S. The number of aromatic amines is 1. The first kappa shape index (κ1) is 59.0. The van der Waals surface area contributed by atoms with E-state index in [1.54, 1.807) is 86.6 Å². The predicted octanol–water partition coefficient (Wildman–Crippen LogP) is 1.32. The SMILES string of the molecule is CC(C)C[C@H](NC(=O)[C@H](Cc1ccccc1)NC(=O)[C@@H](NC(=O)[C@H](Cc1cnc[nH]1)NC(=O)[C@H](CCC(N)=O)NC(=O)[C@@H](N)Cc1ccc(O)cc1)C(C)C)C(=O)N[C@@H](Cc1ccccc1)C(=O)SCCC(=O)O. The minimum atomic E-state index is -1.40. The molecule has 398 valence electrons. The molecule has 7 atom stereocenters. The van der Waals surface area contributed by atoms with E-state index in [2.05, 4.69) is 41.9 Å². The zero-order valence-corrected chi connectivity index (χ0v) is 42.7. The first-order valence-electron chi connectivity index (χ1n) is 24.3. The van der Waals surface area contributed by atoms with Gasteiger partial charge in [-0.05, 0) is 59.9 Å². The second-order valence-corrected chi connectivity index (χ2v) is 19.7. The molecule has 0 aliphatic heterocycles. The van der Waals surface area contributed by atoms with Crippen molar-refractivity contribution in [2.45, 2.75) is 121 Å². The van der Waals surface area contributed by atoms with Gasteiger partial charge in [0, 0.05) is 43.3 Å². The summed E-state index contributed by atoms with van der Waals surface area (Å²) in [5.74, 6) is -7.21. The van der Waals surface area contributed by atoms with Crippen LogP contribution in [0.2, 0.25) is 0 Å². The van der Waals surface area contributed by atoms with Crippen molar-refractivity contribution in [3.05, 3.63) is 120 Å². The molecule has 0 aliphatic carbocycles. The number of hydrogen-bond donors (Lipinski definition) is 11. The van der Waals surface area contributed by atoms with Gasteiger partial charge in [0.2, 0.25) is 46.5 Å². The highest BCUT2D eigenvalue weighted by Crippen LogP contribution is 2.16. The Hall–Kier alpha value is -7.59. The number of carboxylic acid groups (broad SMARTS) is 1. The smallest absolute Gasteiger partial charge is 0.304 e. The molecule has 0 unspecified atom stereocenters. The predicted molar refractivity (Wildman–Crippen MR) is 276 cm³/mol. The van der Waals surface area contributed by atoms with Crippen molar-refractivity contribution in [3.8, 4) is 5.75 Å². The minimum Gasteiger partial charge on any atom is -0.508 e. The maximum atomic E-state index is 14.4. The Morgan fingerprint density at radius 1 is 0.595 bits per heavy atom. The Labute approximate surface area is 433 Å². The van der Waals surface area contributed by atoms with Crippen molar-refractivity contribution >= 4 is 64.2 Å². The first-order chi connectivity index (χ1) is 35.2. The van der Waals surface area contributed by atoms with E-state index in [4.69, 9.17) is 16.6 Å². The molecule has 3 aromatic carbocycles. The number of amides is 7. The zero-order chi connectivity index (χ0) is 54.3. The molecule has 4 aromatic rings. The van der Waals surface area contributed by atoms with Crippen LogP contribution in [-0.4, -0.2) is 121 Å². The van der Waals surface area contributed by atoms with E-state index in [9.17, 15) is 48.3 Å². The molecule has 0 radical (unpaired) electrons. The number of hydrogen-bond acceptors (Lipinski definition) is 13. The maximum Gasteiger partial charge on any atom is 0.304 e. The van der Waals surface area contributed by atoms with Crippen LogP contribution in [0.3, 0.4) is 0 Å². The Morgan fingerprint density at radius 2 is 1.09 bits per heavy atom. The van der Waals surface area contributed by atoms with E-state index in [0.29, 0.717) is 16.8 Å². The molecule has 7 amide bonds. The van der Waals surface area contributed by atoms with Gasteiger partial charge < -0.3 is 58.6 Å². The number of nitrogens with one attached hydrogen (secondary N) is 7. The van der Waals surface area contributed by atoms with Crippen LogP contribution in [0.4, 0.5) is 0 Å². The fourth-order valence-electron chi connectivity index (χ4n) is 7.65. The topological polar surface area (TPSA) is 347 Å². The molecule has 0 spiro atoms. The normalized spacial score (nSPS) is 14.0. The third-order valence-corrected chi connectivity index (χ3v) is 12.6. The fraction of sp³-hybridized carbons (Fsp3) is 0.423. The van der Waals surface area contributed by atoms with Crippen LogP contribution in [-0.2, 0) is 68.8 Å². The van der Waals surface area contributed by atoms with Crippen LogP contribution < -0.4 is 43.4 Å². The molecule has 0 bridgehead atoms. The number of thioether (sulfide) groups is 1. The minimum absolute atomic E-state index is 0.0155. The highest BCUT2D eigenvalue weighted by atomic mass is 32.2. The number of H-pyrrole nitrogens is 1. The van der Waals surface area contributed by atoms with Crippen molar-refractivity contribution in [1.82, 2.24) is 41.9 Å². The number of aromatic nitrogens is 2. The van der Waals surface area contributed by atoms with Crippen LogP contribution in [0.15, 0.2) is 97.5 Å². The molecule has 0 saturated heterocycles. The molecule has 0 aliphatic rings. The van der Waals surface area contributed by atoms with E-state index in [1.165, 1.54) is 24.7 Å². The van der Waals surface area contributed by atoms with Crippen LogP contribution in [0, 0.1) is 11.8 Å². The quantitative estimate of drug-likeness (QED) is 0.0351. The summed E-state index contributed by atoms with van der Waals surface area (Å²) in [6, 6.07) is 14.9. The summed E-state index contributed by atoms with van der Waals surface area (Å²) in [4.78, 5) is 128. The molecule has 13 N–H and O–H groups in total. The molecule has 4 rings (SSSR count). The standard InChI is InChI=1S/C52H68N10O11S/c1-30(2)23-39(48(69)61-42(26-33-13-9-6-10-14-33)52(73)74-22-21-44(65)66)58-49(70)40(25-32-11-7-5-8-12-32)60-51(72)45(31(3)4)62-50(71)41(27-35-28-55-29-56-35)59-47(68)38(19-20-43(54)64)57-46(67)37(53)24-34-15-17-36(63)18-16-34/h5-18,28-31,37-42,45,63H,19-27,53H2,1-4H3,(H2,54,64)(H,55,56)(H,57,67)(H,58,70)(H,59,68)(H,60,72)(H,61,69)(H,62,71)(H,65,66)/t37-,38-,39-,40-,41-,42-,45-/m0/s1. The summed E-state index contributed by atoms with van der Waals surface area (Å²) in [7, 11) is 0. The lowest BCUT2D eigenvalue weighted by atomic mass is 9.98. The molecule has 1 aromatic heterocycles. The molecule has 0 fully saturated rings. The van der Waals surface area contributed by atoms with Crippen LogP contribution in [0.5, 0.6) is 5.75 Å². The summed E-state index contributed by atoms with van der Waals surface area (Å²) in [6.07, 6.45) is 2.01. The zero-order valence-electron chi connectivity index (χ0n) is 41.9. The Morgan fingerprint density at radius 3 is 1.65 bits per heavy atom. The fourth-order valence-corrected chi connectivity index (χ4v) is 8.47. The molecule has 21 nitrogen and oxygen atoms in total. The van der Waals surface area contributed by atoms with Gasteiger partial charge in [-0.25, -0.2) is 4.98 Å². The third kappa shape index (κ3) is 20.5. The van der Waals surface area contributed by atoms with Crippen LogP contribution >= 0.6 is 11.8 Å². The summed E-state index contributed by atoms with van der Waals surface area (Å²) in [6.45, 7) is 7.00. The van der Waals surface area contributed by atoms with Crippen LogP contribution in [0.1, 0.15) is 75.8 Å². The lowest BCUT2D eigenvalue weighted by Crippen LogP contribution is -2.61. The van der Waals surface area contributed by atoms with Gasteiger partial charge >= 0.3 is 5.97 Å². The van der Waals surface area contributed by atoms with Gasteiger partial charge in [0.25, 0.3) is 0 Å². The van der Waals surface area contributed by atoms with E-state index >= 15 is 0 Å². The van der Waals surface area contributed by atoms with E-state index in [0.717, 1.165) is 17.3 Å². The highest BCUT2D eigenvalue weighted by Gasteiger charge is 2.35. The average Bonchev–Trinajstić information content (AvgIpc) is 3.87. The Balaban J connectivity index is 1.56. The number of carbonyl (C=O) groups excluding carboxylic acids is 8. The second-order valence-electron chi connectivity index (χ2n) is 18.6. The number of imidazole rings is 1. The monoisotopic (exact) mass is 1040 g/mol. The Bertz CT molecular complexity index is 2500. The van der Waals surface area contributed by atoms with E-state index < -0.39 is 101 Å². The maximum absolute atomic E-state index is 14.4. The van der Waals surface area contributed by atoms with Crippen molar-refractivity contribution < 1.29 is 53.4 Å². The van der Waals surface area contributed by atoms with Crippen molar-refractivity contribution in [2.75, 3.05) is 5.75 Å². The summed E-state index contributed by atoms with van der Waals surface area (Å²) < 4.78 is 0. The average molecular weight is 1040 g/mol. The lowest BCUT2D eigenvalue weighted by Gasteiger charge is -2.29. The molecule has 74 heavy (non-hydrogen) atoms. The van der Waals surface area contributed by atoms with Gasteiger partial charge in [-0.15, -0.1) is 0 Å². The third-order valence-electron chi connectivity index (χ3n) is 11.6. The number of benzene rings is 3. The highest BCUT2D eigenvalue weighted by molar-refractivity contribution is 8.13. The van der Waals surface area contributed by atoms with Gasteiger partial charge in [-0.1, -0.05) is 112 Å². The van der Waals surface area contributed by atoms with Crippen molar-refractivity contribution in [1.29, 1.82) is 0 Å². The number of carbonyl (C=O) groups is 9. The van der Waals surface area contributed by atoms with Gasteiger partial charge in [-0.3, -0.25) is 43.2 Å². The van der Waals surface area contributed by atoms with Gasteiger partial charge in [0.05, 0.1) is 18.8 Å². The summed E-state index contributed by atoms with van der Waals surface area (Å²) in [5, 5.41) is 34.6. The largest absolute Gasteiger partial charge is 0.508 e. The number of nitrogens with zero attached hydrogens (tertiary/aromatic N) is 1. The van der Waals surface area contributed by atoms with Crippen molar-refractivity contribution in [2.24, 2.45) is 23.3 Å². The number of aliphatic carboxylic acids is 1. The van der Waals surface area contributed by atoms with Crippen LogP contribution in [0.25, 0.3) is 0 Å². The molecule has 0 saturated carbocycles. The number of rotatable bonds is 30. The lowest BCUT2D eigenvalue weighted by molar-refractivity contribution is -0.136. The molecule has 1 heterocycles. The summed E-state index contributed by atoms with van der Waals surface area (Å²) in [5.41, 5.74) is 14.0. The van der Waals surface area contributed by atoms with E-state index in [-0.39, 0.29) is 68.8 Å². The van der Waals surface area contributed by atoms with Gasteiger partial charge in [-0.2, -0.15) is 0 Å². The second kappa shape index (κ2) is 29.8. The summed E-state index contributed by atoms with van der Waals surface area (Å²) >= 11 is 0.783. The number of aromatic hydroxyl groups is 1. The number of nitrogens with two attached hydrogens (primary N) is 2. The number of carboxylic acids is 1. The van der Waals surface area contributed by atoms with Gasteiger partial charge in [0.1, 0.15) is 42.0 Å². The van der Waals surface area contributed by atoms with Gasteiger partial charge in [0.15, 0.2) is 0 Å². The number of phenols is 1. The molecular weight excluding hydrogens is 973 g/mol. The van der Waals surface area contributed by atoms with Crippen molar-refractivity contribution in [3.63, 3.8) is 0 Å². The Kier molecular flexibility index (Phi) is 23.8. The van der Waals surface area contributed by atoms with E-state index in [1.807, 2.05) is 13.8 Å². The molecule has 22 heteroatoms.